The summed E-state index contributed by atoms with van der Waals surface area (Å²) in [6.07, 6.45) is 4.44. The molecular formula is C9H17NO2S. The molecule has 1 amide bonds. The third-order valence-corrected chi connectivity index (χ3v) is 2.82. The van der Waals surface area contributed by atoms with Gasteiger partial charge in [0.05, 0.1) is 6.10 Å². The first kappa shape index (κ1) is 10.9. The highest BCUT2D eigenvalue weighted by molar-refractivity contribution is 7.98. The van der Waals surface area contributed by atoms with Crippen LogP contribution in [0.2, 0.25) is 0 Å². The quantitative estimate of drug-likeness (QED) is 0.665. The number of hydrogen-bond acceptors (Lipinski definition) is 3. The summed E-state index contributed by atoms with van der Waals surface area (Å²) in [7, 11) is 0. The first-order chi connectivity index (χ1) is 6.24. The second-order valence-corrected chi connectivity index (χ2v) is 4.44. The lowest BCUT2D eigenvalue weighted by Gasteiger charge is -2.09. The number of carbonyl (C=O) groups is 1. The highest BCUT2D eigenvalue weighted by Crippen LogP contribution is 2.32. The van der Waals surface area contributed by atoms with Crippen LogP contribution in [0.3, 0.4) is 0 Å². The van der Waals surface area contributed by atoms with Gasteiger partial charge >= 0.3 is 0 Å². The first-order valence-electron chi connectivity index (χ1n) is 4.67. The van der Waals surface area contributed by atoms with Crippen LogP contribution in [0, 0.1) is 5.92 Å². The number of hydrogen-bond donors (Lipinski definition) is 2. The molecule has 3 nitrogen and oxygen atoms in total. The summed E-state index contributed by atoms with van der Waals surface area (Å²) in [6.45, 7) is 0.428. The molecule has 0 aliphatic heterocycles. The Morgan fingerprint density at radius 1 is 1.69 bits per heavy atom. The fourth-order valence-electron chi connectivity index (χ4n) is 1.15. The zero-order valence-corrected chi connectivity index (χ0v) is 8.77. The van der Waals surface area contributed by atoms with E-state index >= 15 is 0 Å². The molecule has 4 heteroatoms. The number of carbonyl (C=O) groups excluding carboxylic acids is 1. The van der Waals surface area contributed by atoms with E-state index in [1.54, 1.807) is 11.8 Å². The Labute approximate surface area is 83.3 Å². The SMILES string of the molecule is CSCCC(=O)NCC(O)C1CC1. The van der Waals surface area contributed by atoms with Crippen molar-refractivity contribution in [3.8, 4) is 0 Å². The molecule has 0 bridgehead atoms. The van der Waals surface area contributed by atoms with E-state index in [0.29, 0.717) is 18.9 Å². The molecule has 0 spiro atoms. The maximum atomic E-state index is 11.1. The predicted octanol–water partition coefficient (Wildman–Crippen LogP) is 0.627. The monoisotopic (exact) mass is 203 g/mol. The summed E-state index contributed by atoms with van der Waals surface area (Å²) < 4.78 is 0. The van der Waals surface area contributed by atoms with Gasteiger partial charge in [-0.3, -0.25) is 4.79 Å². The maximum Gasteiger partial charge on any atom is 0.220 e. The Morgan fingerprint density at radius 2 is 2.38 bits per heavy atom. The maximum absolute atomic E-state index is 11.1. The van der Waals surface area contributed by atoms with Gasteiger partial charge in [-0.05, 0) is 25.0 Å². The fraction of sp³-hybridized carbons (Fsp3) is 0.889. The molecule has 76 valence electrons. The lowest BCUT2D eigenvalue weighted by Crippen LogP contribution is -2.33. The summed E-state index contributed by atoms with van der Waals surface area (Å²) in [5.74, 6) is 1.35. The summed E-state index contributed by atoms with van der Waals surface area (Å²) in [5, 5.41) is 12.2. The summed E-state index contributed by atoms with van der Waals surface area (Å²) in [4.78, 5) is 11.1. The van der Waals surface area contributed by atoms with E-state index < -0.39 is 0 Å². The Balaban J connectivity index is 2.00. The van der Waals surface area contributed by atoms with Crippen LogP contribution >= 0.6 is 11.8 Å². The molecule has 1 saturated carbocycles. The molecule has 2 N–H and O–H groups in total. The molecule has 1 fully saturated rings. The van der Waals surface area contributed by atoms with Crippen molar-refractivity contribution in [2.24, 2.45) is 5.92 Å². The van der Waals surface area contributed by atoms with Crippen LogP contribution in [0.5, 0.6) is 0 Å². The summed E-state index contributed by atoms with van der Waals surface area (Å²) >= 11 is 1.66. The minimum atomic E-state index is -0.321. The van der Waals surface area contributed by atoms with Crippen LogP contribution in [0.4, 0.5) is 0 Å². The number of rotatable bonds is 6. The summed E-state index contributed by atoms with van der Waals surface area (Å²) in [6, 6.07) is 0. The van der Waals surface area contributed by atoms with E-state index in [1.807, 2.05) is 6.26 Å². The van der Waals surface area contributed by atoms with E-state index in [0.717, 1.165) is 18.6 Å². The third kappa shape index (κ3) is 4.52. The lowest BCUT2D eigenvalue weighted by molar-refractivity contribution is -0.121. The molecule has 1 aliphatic rings. The van der Waals surface area contributed by atoms with E-state index in [4.69, 9.17) is 0 Å². The largest absolute Gasteiger partial charge is 0.391 e. The van der Waals surface area contributed by atoms with Crippen LogP contribution in [0.1, 0.15) is 19.3 Å². The van der Waals surface area contributed by atoms with Gasteiger partial charge < -0.3 is 10.4 Å². The van der Waals surface area contributed by atoms with E-state index in [-0.39, 0.29) is 12.0 Å². The Bertz CT molecular complexity index is 171. The van der Waals surface area contributed by atoms with E-state index in [2.05, 4.69) is 5.32 Å². The van der Waals surface area contributed by atoms with Crippen molar-refractivity contribution in [1.82, 2.24) is 5.32 Å². The van der Waals surface area contributed by atoms with Crippen LogP contribution in [0.25, 0.3) is 0 Å². The van der Waals surface area contributed by atoms with Crippen molar-refractivity contribution in [3.05, 3.63) is 0 Å². The van der Waals surface area contributed by atoms with Gasteiger partial charge in [0.1, 0.15) is 0 Å². The average Bonchev–Trinajstić information content (AvgIpc) is 2.93. The number of nitrogens with one attached hydrogen (secondary N) is 1. The van der Waals surface area contributed by atoms with Gasteiger partial charge in [0.2, 0.25) is 5.91 Å². The number of amides is 1. The normalized spacial score (nSPS) is 18.3. The number of thioether (sulfide) groups is 1. The fourth-order valence-corrected chi connectivity index (χ4v) is 1.54. The molecule has 13 heavy (non-hydrogen) atoms. The van der Waals surface area contributed by atoms with E-state index in [9.17, 15) is 9.90 Å². The van der Waals surface area contributed by atoms with Crippen LogP contribution in [0.15, 0.2) is 0 Å². The molecule has 0 aromatic rings. The number of aliphatic hydroxyl groups excluding tert-OH is 1. The van der Waals surface area contributed by atoms with Gasteiger partial charge in [-0.2, -0.15) is 11.8 Å². The third-order valence-electron chi connectivity index (χ3n) is 2.21. The van der Waals surface area contributed by atoms with Crippen molar-refractivity contribution < 1.29 is 9.90 Å². The molecule has 0 heterocycles. The molecule has 0 aromatic carbocycles. The molecule has 1 rings (SSSR count). The highest BCUT2D eigenvalue weighted by atomic mass is 32.2. The Morgan fingerprint density at radius 3 is 2.92 bits per heavy atom. The van der Waals surface area contributed by atoms with Gasteiger partial charge in [0.25, 0.3) is 0 Å². The molecule has 1 atom stereocenters. The molecule has 0 saturated heterocycles. The Hall–Kier alpha value is -0.220. The second-order valence-electron chi connectivity index (χ2n) is 3.45. The van der Waals surface area contributed by atoms with Crippen molar-refractivity contribution in [2.75, 3.05) is 18.6 Å². The van der Waals surface area contributed by atoms with Gasteiger partial charge in [0, 0.05) is 18.7 Å². The highest BCUT2D eigenvalue weighted by Gasteiger charge is 2.29. The van der Waals surface area contributed by atoms with Gasteiger partial charge in [-0.15, -0.1) is 0 Å². The van der Waals surface area contributed by atoms with Gasteiger partial charge in [-0.1, -0.05) is 0 Å². The lowest BCUT2D eigenvalue weighted by atomic mass is 10.2. The van der Waals surface area contributed by atoms with Crippen molar-refractivity contribution >= 4 is 17.7 Å². The predicted molar refractivity (Wildman–Crippen MR) is 54.7 cm³/mol. The summed E-state index contributed by atoms with van der Waals surface area (Å²) in [5.41, 5.74) is 0. The van der Waals surface area contributed by atoms with Gasteiger partial charge in [-0.25, -0.2) is 0 Å². The smallest absolute Gasteiger partial charge is 0.220 e. The zero-order chi connectivity index (χ0) is 9.68. The Kier molecular flexibility index (Phi) is 4.59. The van der Waals surface area contributed by atoms with Crippen molar-refractivity contribution in [1.29, 1.82) is 0 Å². The standard InChI is InChI=1S/C9H17NO2S/c1-13-5-4-9(12)10-6-8(11)7-2-3-7/h7-8,11H,2-6H2,1H3,(H,10,12). The van der Waals surface area contributed by atoms with E-state index in [1.165, 1.54) is 0 Å². The van der Waals surface area contributed by atoms with Crippen LogP contribution < -0.4 is 5.32 Å². The van der Waals surface area contributed by atoms with Gasteiger partial charge in [0.15, 0.2) is 0 Å². The molecular weight excluding hydrogens is 186 g/mol. The number of aliphatic hydroxyl groups is 1. The zero-order valence-electron chi connectivity index (χ0n) is 7.95. The van der Waals surface area contributed by atoms with Crippen LogP contribution in [-0.2, 0) is 4.79 Å². The molecule has 1 aliphatic carbocycles. The topological polar surface area (TPSA) is 49.3 Å². The molecule has 0 aromatic heterocycles. The molecule has 1 unspecified atom stereocenters. The van der Waals surface area contributed by atoms with Crippen molar-refractivity contribution in [3.63, 3.8) is 0 Å². The molecule has 0 radical (unpaired) electrons. The minimum absolute atomic E-state index is 0.0500. The minimum Gasteiger partial charge on any atom is -0.391 e. The van der Waals surface area contributed by atoms with Crippen LogP contribution in [-0.4, -0.2) is 35.7 Å². The first-order valence-corrected chi connectivity index (χ1v) is 6.07. The second kappa shape index (κ2) is 5.50. The average molecular weight is 203 g/mol. The van der Waals surface area contributed by atoms with Crippen molar-refractivity contribution in [2.45, 2.75) is 25.4 Å².